The van der Waals surface area contributed by atoms with E-state index in [1.807, 2.05) is 0 Å². The Labute approximate surface area is 346 Å². The van der Waals surface area contributed by atoms with Crippen molar-refractivity contribution in [3.8, 4) is 0 Å². The molecule has 0 aromatic heterocycles. The summed E-state index contributed by atoms with van der Waals surface area (Å²) < 4.78 is 0. The maximum Gasteiger partial charge on any atom is 0.121 e. The highest BCUT2D eigenvalue weighted by Crippen LogP contribution is 2.50. The van der Waals surface area contributed by atoms with Crippen molar-refractivity contribution >= 4 is 79.4 Å². The second kappa shape index (κ2) is 17.1. The van der Waals surface area contributed by atoms with Crippen molar-refractivity contribution in [2.75, 3.05) is 0 Å². The fourth-order valence-corrected chi connectivity index (χ4v) is 133. The van der Waals surface area contributed by atoms with Crippen molar-refractivity contribution in [1.82, 2.24) is 0 Å². The van der Waals surface area contributed by atoms with Crippen LogP contribution in [0.15, 0.2) is 243 Å². The lowest BCUT2D eigenvalue weighted by Gasteiger charge is -2.79. The van der Waals surface area contributed by atoms with E-state index in [-0.39, 0.29) is 0 Å². The normalized spacial score (nSPS) is 15.6. The van der Waals surface area contributed by atoms with E-state index in [1.54, 1.807) is 41.5 Å². The molecule has 0 aliphatic carbocycles. The molecule has 0 nitrogen and oxygen atoms in total. The quantitative estimate of drug-likeness (QED) is 0.141. The van der Waals surface area contributed by atoms with Gasteiger partial charge in [0.25, 0.3) is 0 Å². The molecule has 5 heteroatoms. The van der Waals surface area contributed by atoms with Gasteiger partial charge in [-0.1, -0.05) is 310 Å². The first-order valence-electron chi connectivity index (χ1n) is 20.7. The highest BCUT2D eigenvalue weighted by Gasteiger charge is 2.94. The molecule has 1 saturated heterocycles. The highest BCUT2D eigenvalue weighted by atomic mass is 30.2. The van der Waals surface area contributed by atoms with Crippen LogP contribution >= 0.6 is 0 Å². The van der Waals surface area contributed by atoms with Crippen LogP contribution in [0, 0.1) is 0 Å². The highest BCUT2D eigenvalue weighted by molar-refractivity contribution is 8.27. The average molecular weight is 817 g/mol. The maximum atomic E-state index is 2.54. The molecule has 0 unspecified atom stereocenters. The van der Waals surface area contributed by atoms with E-state index < -0.39 is 28.4 Å². The van der Waals surface area contributed by atoms with E-state index in [1.165, 1.54) is 12.1 Å². The third-order valence-corrected chi connectivity index (χ3v) is 91.5. The molecule has 1 aliphatic heterocycles. The van der Waals surface area contributed by atoms with Crippen molar-refractivity contribution in [1.29, 1.82) is 0 Å². The van der Waals surface area contributed by atoms with Crippen LogP contribution in [-0.4, -0.2) is 38.0 Å². The zero-order chi connectivity index (χ0) is 39.0. The lowest BCUT2D eigenvalue weighted by atomic mass is 10.4. The van der Waals surface area contributed by atoms with Crippen molar-refractivity contribution in [3.63, 3.8) is 0 Å². The Morgan fingerprint density at radius 1 is 0.228 bits per heavy atom. The minimum absolute atomic E-state index is 0.432. The molecule has 57 heavy (non-hydrogen) atoms. The smallest absolute Gasteiger partial charge is 0.0683 e. The summed E-state index contributed by atoms with van der Waals surface area (Å²) in [5.74, 6) is 0. The molecule has 1 heterocycles. The molecule has 8 aromatic rings. The zero-order valence-corrected chi connectivity index (χ0v) is 38.6. The van der Waals surface area contributed by atoms with E-state index in [9.17, 15) is 0 Å². The van der Waals surface area contributed by atoms with Gasteiger partial charge in [0.15, 0.2) is 0 Å². The van der Waals surface area contributed by atoms with Crippen molar-refractivity contribution in [2.45, 2.75) is 25.9 Å². The summed E-state index contributed by atoms with van der Waals surface area (Å²) in [6.07, 6.45) is 0. The predicted molar refractivity (Wildman–Crippen MR) is 261 cm³/mol. The zero-order valence-electron chi connectivity index (χ0n) is 33.2. The summed E-state index contributed by atoms with van der Waals surface area (Å²) in [7, 11) is -11.5. The van der Waals surface area contributed by atoms with Gasteiger partial charge in [-0.15, -0.1) is 0 Å². The van der Waals surface area contributed by atoms with Gasteiger partial charge in [-0.3, -0.25) is 0 Å². The molecule has 8 aromatic carbocycles. The lowest BCUT2D eigenvalue weighted by Crippen LogP contribution is -3.25. The first-order valence-corrected chi connectivity index (χ1v) is 34.7. The second-order valence-electron chi connectivity index (χ2n) is 15.3. The summed E-state index contributed by atoms with van der Waals surface area (Å²) in [4.78, 5) is 0. The van der Waals surface area contributed by atoms with Crippen LogP contribution < -0.4 is 41.5 Å². The van der Waals surface area contributed by atoms with E-state index >= 15 is 0 Å². The fourth-order valence-electron chi connectivity index (χ4n) is 11.1. The Morgan fingerprint density at radius 3 is 0.439 bits per heavy atom. The van der Waals surface area contributed by atoms with Crippen molar-refractivity contribution in [2.24, 2.45) is 0 Å². The maximum absolute atomic E-state index is 2.98. The molecule has 280 valence electrons. The number of benzene rings is 8. The Balaban J connectivity index is 0.000000859. The van der Waals surface area contributed by atoms with Gasteiger partial charge in [0, 0.05) is 9.52 Å². The van der Waals surface area contributed by atoms with E-state index in [2.05, 4.69) is 257 Å². The minimum Gasteiger partial charge on any atom is -0.0683 e. The molecule has 0 bridgehead atoms. The molecule has 0 radical (unpaired) electrons. The molecule has 0 atom stereocenters. The third kappa shape index (κ3) is 5.78. The summed E-state index contributed by atoms with van der Waals surface area (Å²) in [6, 6.07) is 98.5. The van der Waals surface area contributed by atoms with Gasteiger partial charge in [0.05, 0.1) is 0 Å². The van der Waals surface area contributed by atoms with E-state index in [4.69, 9.17) is 0 Å². The van der Waals surface area contributed by atoms with E-state index in [0.29, 0.717) is 9.52 Å². The lowest BCUT2D eigenvalue weighted by molar-refractivity contribution is 1.36. The summed E-state index contributed by atoms with van der Waals surface area (Å²) in [5.41, 5.74) is 0. The van der Waals surface area contributed by atoms with Crippen LogP contribution in [0.4, 0.5) is 0 Å². The molecule has 0 N–H and O–H groups in total. The Bertz CT molecular complexity index is 1910. The van der Waals surface area contributed by atoms with Gasteiger partial charge in [-0.05, 0) is 0 Å². The third-order valence-electron chi connectivity index (χ3n) is 12.6. The van der Waals surface area contributed by atoms with Crippen LogP contribution in [0.3, 0.4) is 0 Å². The molecular formula is C52H52Si5. The number of hydrogen-bond donors (Lipinski definition) is 0. The fraction of sp³-hybridized carbons (Fsp3) is 0.0769. The Kier molecular flexibility index (Phi) is 11.6. The standard InChI is InChI=1S/C48H40Si4.C4H12Si/c1-9-25-41(26-10-1)49(42-27-11-2-12-28-42)50(43-29-13-3-14-30-43,44-31-15-4-16-32-44)52(47-37-21-7-22-38-47,48-39-23-8-24-40-48)51(49,45-33-17-5-18-34-45)46-35-19-6-20-36-46;1-3-5-4-2/h1-40H;3-5H2,1-2H3. The molecular weight excluding hydrogens is 765 g/mol. The van der Waals surface area contributed by atoms with Gasteiger partial charge in [0.2, 0.25) is 0 Å². The van der Waals surface area contributed by atoms with Gasteiger partial charge >= 0.3 is 0 Å². The molecule has 1 aliphatic rings. The molecule has 1 fully saturated rings. The summed E-state index contributed by atoms with van der Waals surface area (Å²) in [6.45, 7) is 4.55. The first-order chi connectivity index (χ1) is 28.3. The summed E-state index contributed by atoms with van der Waals surface area (Å²) in [5, 5.41) is 12.5. The van der Waals surface area contributed by atoms with Gasteiger partial charge in [0.1, 0.15) is 28.4 Å². The van der Waals surface area contributed by atoms with Crippen molar-refractivity contribution in [3.05, 3.63) is 243 Å². The monoisotopic (exact) mass is 816 g/mol. The largest absolute Gasteiger partial charge is 0.121 e. The predicted octanol–water partition coefficient (Wildman–Crippen LogP) is 6.40. The SMILES string of the molecule is CC[SiH2]CC.c1ccc([Si]2(c3ccccc3)[Si](c3ccccc3)(c3ccccc3)[Si](c3ccccc3)(c3ccccc3)[Si]2(c2ccccc2)c2ccccc2)cc1. The molecule has 0 saturated carbocycles. The minimum atomic E-state index is -2.98. The van der Waals surface area contributed by atoms with Crippen LogP contribution in [0.2, 0.25) is 12.1 Å². The topological polar surface area (TPSA) is 0 Å². The molecule has 9 rings (SSSR count). The van der Waals surface area contributed by atoms with Crippen LogP contribution in [-0.2, 0) is 0 Å². The second-order valence-corrected chi connectivity index (χ2v) is 52.6. The Morgan fingerprint density at radius 2 is 0.351 bits per heavy atom. The van der Waals surface area contributed by atoms with Crippen LogP contribution in [0.25, 0.3) is 0 Å². The number of rotatable bonds is 10. The van der Waals surface area contributed by atoms with Crippen LogP contribution in [0.1, 0.15) is 13.8 Å². The summed E-state index contributed by atoms with van der Waals surface area (Å²) >= 11 is 0. The molecule has 0 spiro atoms. The first kappa shape index (κ1) is 38.7. The van der Waals surface area contributed by atoms with Crippen LogP contribution in [0.5, 0.6) is 0 Å². The molecule has 0 amide bonds. The van der Waals surface area contributed by atoms with Gasteiger partial charge in [-0.2, -0.15) is 0 Å². The number of hydrogen-bond acceptors (Lipinski definition) is 0. The van der Waals surface area contributed by atoms with Crippen molar-refractivity contribution < 1.29 is 0 Å². The van der Waals surface area contributed by atoms with E-state index in [0.717, 1.165) is 0 Å². The van der Waals surface area contributed by atoms with Gasteiger partial charge < -0.3 is 0 Å². The van der Waals surface area contributed by atoms with Gasteiger partial charge in [-0.25, -0.2) is 0 Å². The average Bonchev–Trinajstić information content (AvgIpc) is 3.30. The Hall–Kier alpha value is -5.16.